The highest BCUT2D eigenvalue weighted by Crippen LogP contribution is 2.29. The van der Waals surface area contributed by atoms with Gasteiger partial charge in [0.25, 0.3) is 0 Å². The molecule has 7 heteroatoms. The molecule has 0 aliphatic rings. The minimum atomic E-state index is -0.320. The van der Waals surface area contributed by atoms with Crippen molar-refractivity contribution in [1.82, 2.24) is 14.8 Å². The molecule has 0 unspecified atom stereocenters. The molecular weight excluding hydrogens is 381 g/mol. The first-order chi connectivity index (χ1) is 9.19. The molecule has 0 fully saturated rings. The number of hydrogen-bond donors (Lipinski definition) is 0. The van der Waals surface area contributed by atoms with E-state index < -0.39 is 0 Å². The number of benzene rings is 1. The van der Waals surface area contributed by atoms with Crippen LogP contribution in [0.4, 0.5) is 4.39 Å². The maximum atomic E-state index is 13.6. The highest BCUT2D eigenvalue weighted by molar-refractivity contribution is 9.10. The fourth-order valence-electron chi connectivity index (χ4n) is 1.73. The number of rotatable bonds is 5. The lowest BCUT2D eigenvalue weighted by Crippen LogP contribution is -2.09. The third-order valence-corrected chi connectivity index (χ3v) is 3.97. The molecule has 0 N–H and O–H groups in total. The molecule has 0 atom stereocenters. The fraction of sp³-hybridized carbons (Fsp3) is 0.333. The van der Waals surface area contributed by atoms with E-state index in [1.54, 1.807) is 19.2 Å². The SMILES string of the molecule is COCCn1c(CBr)nnc1-c1cccc(F)c1Br. The van der Waals surface area contributed by atoms with Gasteiger partial charge in [0.2, 0.25) is 0 Å². The first kappa shape index (κ1) is 14.6. The number of methoxy groups -OCH3 is 1. The van der Waals surface area contributed by atoms with Gasteiger partial charge in [0.1, 0.15) is 11.6 Å². The van der Waals surface area contributed by atoms with E-state index in [1.165, 1.54) is 6.07 Å². The molecule has 0 saturated heterocycles. The molecule has 0 saturated carbocycles. The summed E-state index contributed by atoms with van der Waals surface area (Å²) in [5.41, 5.74) is 0.677. The van der Waals surface area contributed by atoms with Crippen molar-refractivity contribution < 1.29 is 9.13 Å². The Morgan fingerprint density at radius 1 is 1.37 bits per heavy atom. The average molecular weight is 393 g/mol. The molecule has 2 rings (SSSR count). The maximum Gasteiger partial charge on any atom is 0.165 e. The number of ether oxygens (including phenoxy) is 1. The van der Waals surface area contributed by atoms with Crippen LogP contribution in [0.3, 0.4) is 0 Å². The van der Waals surface area contributed by atoms with E-state index in [1.807, 2.05) is 4.57 Å². The van der Waals surface area contributed by atoms with Gasteiger partial charge in [-0.05, 0) is 28.1 Å². The second kappa shape index (κ2) is 6.58. The maximum absolute atomic E-state index is 13.6. The van der Waals surface area contributed by atoms with Gasteiger partial charge in [-0.1, -0.05) is 22.0 Å². The molecule has 19 heavy (non-hydrogen) atoms. The number of halogens is 3. The predicted octanol–water partition coefficient (Wildman–Crippen LogP) is 3.39. The predicted molar refractivity (Wildman–Crippen MR) is 77.6 cm³/mol. The van der Waals surface area contributed by atoms with Gasteiger partial charge in [-0.15, -0.1) is 10.2 Å². The summed E-state index contributed by atoms with van der Waals surface area (Å²) in [5.74, 6) is 1.08. The van der Waals surface area contributed by atoms with Gasteiger partial charge in [0.05, 0.1) is 16.4 Å². The highest BCUT2D eigenvalue weighted by Gasteiger charge is 2.16. The molecule has 0 radical (unpaired) electrons. The van der Waals surface area contributed by atoms with E-state index in [0.29, 0.717) is 34.3 Å². The summed E-state index contributed by atoms with van der Waals surface area (Å²) in [5, 5.41) is 8.82. The summed E-state index contributed by atoms with van der Waals surface area (Å²) in [6.07, 6.45) is 0. The van der Waals surface area contributed by atoms with E-state index in [4.69, 9.17) is 4.74 Å². The zero-order valence-corrected chi connectivity index (χ0v) is 13.4. The lowest BCUT2D eigenvalue weighted by atomic mass is 10.2. The molecule has 0 bridgehead atoms. The van der Waals surface area contributed by atoms with Crippen molar-refractivity contribution in [2.45, 2.75) is 11.9 Å². The zero-order valence-electron chi connectivity index (χ0n) is 10.2. The molecule has 0 aliphatic heterocycles. The van der Waals surface area contributed by atoms with Crippen LogP contribution >= 0.6 is 31.9 Å². The molecule has 2 aromatic rings. The monoisotopic (exact) mass is 391 g/mol. The summed E-state index contributed by atoms with van der Waals surface area (Å²) < 4.78 is 21.0. The molecule has 0 spiro atoms. The highest BCUT2D eigenvalue weighted by atomic mass is 79.9. The van der Waals surface area contributed by atoms with Crippen molar-refractivity contribution in [1.29, 1.82) is 0 Å². The number of hydrogen-bond acceptors (Lipinski definition) is 3. The Hall–Kier alpha value is -0.790. The van der Waals surface area contributed by atoms with E-state index in [0.717, 1.165) is 5.82 Å². The standard InChI is InChI=1S/C12H12Br2FN3O/c1-19-6-5-18-10(7-13)16-17-12(18)8-3-2-4-9(15)11(8)14/h2-4H,5-7H2,1H3. The Bertz CT molecular complexity index is 574. The van der Waals surface area contributed by atoms with Crippen molar-refractivity contribution in [3.05, 3.63) is 34.3 Å². The quantitative estimate of drug-likeness (QED) is 0.732. The van der Waals surface area contributed by atoms with Gasteiger partial charge in [0, 0.05) is 19.2 Å². The average Bonchev–Trinajstić information content (AvgIpc) is 2.82. The second-order valence-electron chi connectivity index (χ2n) is 3.82. The van der Waals surface area contributed by atoms with Crippen LogP contribution in [0.5, 0.6) is 0 Å². The van der Waals surface area contributed by atoms with E-state index in [2.05, 4.69) is 42.1 Å². The minimum Gasteiger partial charge on any atom is -0.383 e. The Morgan fingerprint density at radius 2 is 2.16 bits per heavy atom. The topological polar surface area (TPSA) is 39.9 Å². The Labute approximate surface area is 127 Å². The van der Waals surface area contributed by atoms with Crippen molar-refractivity contribution in [3.63, 3.8) is 0 Å². The smallest absolute Gasteiger partial charge is 0.165 e. The van der Waals surface area contributed by atoms with Crippen molar-refractivity contribution in [2.24, 2.45) is 0 Å². The van der Waals surface area contributed by atoms with E-state index in [-0.39, 0.29) is 5.82 Å². The molecule has 1 aromatic heterocycles. The van der Waals surface area contributed by atoms with Gasteiger partial charge in [-0.25, -0.2) is 4.39 Å². The Morgan fingerprint density at radius 3 is 2.84 bits per heavy atom. The van der Waals surface area contributed by atoms with Gasteiger partial charge in [0.15, 0.2) is 5.82 Å². The van der Waals surface area contributed by atoms with Crippen LogP contribution in [-0.2, 0) is 16.6 Å². The van der Waals surface area contributed by atoms with Gasteiger partial charge >= 0.3 is 0 Å². The number of alkyl halides is 1. The summed E-state index contributed by atoms with van der Waals surface area (Å²) in [7, 11) is 1.63. The van der Waals surface area contributed by atoms with Crippen molar-refractivity contribution in [2.75, 3.05) is 13.7 Å². The lowest BCUT2D eigenvalue weighted by Gasteiger charge is -2.10. The van der Waals surface area contributed by atoms with Gasteiger partial charge in [-0.3, -0.25) is 0 Å². The summed E-state index contributed by atoms with van der Waals surface area (Å²) >= 11 is 6.62. The number of aromatic nitrogens is 3. The van der Waals surface area contributed by atoms with Crippen LogP contribution in [0, 0.1) is 5.82 Å². The van der Waals surface area contributed by atoms with Crippen LogP contribution in [0.25, 0.3) is 11.4 Å². The van der Waals surface area contributed by atoms with Crippen LogP contribution in [-0.4, -0.2) is 28.5 Å². The molecule has 1 aromatic carbocycles. The Balaban J connectivity index is 2.49. The fourth-order valence-corrected chi connectivity index (χ4v) is 2.58. The van der Waals surface area contributed by atoms with Crippen molar-refractivity contribution >= 4 is 31.9 Å². The molecule has 1 heterocycles. The zero-order chi connectivity index (χ0) is 13.8. The van der Waals surface area contributed by atoms with E-state index in [9.17, 15) is 4.39 Å². The summed E-state index contributed by atoms with van der Waals surface area (Å²) in [6.45, 7) is 1.15. The summed E-state index contributed by atoms with van der Waals surface area (Å²) in [4.78, 5) is 0. The van der Waals surface area contributed by atoms with Crippen LogP contribution in [0.2, 0.25) is 0 Å². The molecule has 4 nitrogen and oxygen atoms in total. The van der Waals surface area contributed by atoms with Crippen LogP contribution in [0.1, 0.15) is 5.82 Å². The molecular formula is C12H12Br2FN3O. The second-order valence-corrected chi connectivity index (χ2v) is 5.17. The molecule has 0 amide bonds. The first-order valence-corrected chi connectivity index (χ1v) is 7.51. The normalized spacial score (nSPS) is 10.9. The largest absolute Gasteiger partial charge is 0.383 e. The molecule has 102 valence electrons. The Kier molecular flexibility index (Phi) is 5.06. The molecule has 0 aliphatic carbocycles. The van der Waals surface area contributed by atoms with E-state index >= 15 is 0 Å². The first-order valence-electron chi connectivity index (χ1n) is 5.60. The van der Waals surface area contributed by atoms with Gasteiger partial charge in [-0.2, -0.15) is 0 Å². The summed E-state index contributed by atoms with van der Waals surface area (Å²) in [6, 6.07) is 4.85. The number of nitrogens with zero attached hydrogens (tertiary/aromatic N) is 3. The third-order valence-electron chi connectivity index (χ3n) is 2.66. The van der Waals surface area contributed by atoms with Crippen LogP contribution < -0.4 is 0 Å². The lowest BCUT2D eigenvalue weighted by molar-refractivity contribution is 0.187. The third kappa shape index (κ3) is 3.04. The van der Waals surface area contributed by atoms with Crippen molar-refractivity contribution in [3.8, 4) is 11.4 Å². The minimum absolute atomic E-state index is 0.320. The van der Waals surface area contributed by atoms with Crippen LogP contribution in [0.15, 0.2) is 22.7 Å². The van der Waals surface area contributed by atoms with Gasteiger partial charge < -0.3 is 9.30 Å².